The van der Waals surface area contributed by atoms with Crippen molar-refractivity contribution >= 4 is 28.3 Å². The number of methoxy groups -OCH3 is 1. The fourth-order valence-electron chi connectivity index (χ4n) is 5.42. The zero-order valence-corrected chi connectivity index (χ0v) is 25.7. The number of hydrogen-bond acceptors (Lipinski definition) is 5. The van der Waals surface area contributed by atoms with E-state index in [2.05, 4.69) is 46.0 Å². The molecule has 0 spiro atoms. The first-order valence-electron chi connectivity index (χ1n) is 14.9. The number of ether oxygens (including phenoxy) is 1. The first-order valence-corrected chi connectivity index (χ1v) is 14.9. The molecule has 8 nitrogen and oxygen atoms in total. The van der Waals surface area contributed by atoms with Crippen molar-refractivity contribution in [3.05, 3.63) is 144 Å². The molecule has 0 aliphatic rings. The van der Waals surface area contributed by atoms with E-state index in [1.165, 1.54) is 12.0 Å². The lowest BCUT2D eigenvalue weighted by molar-refractivity contribution is -0.120. The summed E-state index contributed by atoms with van der Waals surface area (Å²) in [6.45, 7) is 0.518. The minimum atomic E-state index is -1.14. The topological polar surface area (TPSA) is 89.4 Å². The molecule has 1 heterocycles. The van der Waals surface area contributed by atoms with Crippen molar-refractivity contribution in [2.45, 2.75) is 19.0 Å². The average Bonchev–Trinajstić information content (AvgIpc) is 3.55. The predicted octanol–water partition coefficient (Wildman–Crippen LogP) is 6.44. The number of carbonyl (C=O) groups is 2. The maximum absolute atomic E-state index is 14.0. The van der Waals surface area contributed by atoms with Gasteiger partial charge in [-0.3, -0.25) is 9.59 Å². The van der Waals surface area contributed by atoms with Gasteiger partial charge in [0.1, 0.15) is 29.1 Å². The Morgan fingerprint density at radius 1 is 0.851 bits per heavy atom. The van der Waals surface area contributed by atoms with Gasteiger partial charge in [-0.25, -0.2) is 13.5 Å². The molecule has 6 aromatic rings. The number of benzene rings is 5. The number of halogens is 2. The number of amides is 2. The monoisotopic (exact) mass is 631 g/mol. The van der Waals surface area contributed by atoms with Crippen LogP contribution in [0.15, 0.2) is 115 Å². The van der Waals surface area contributed by atoms with E-state index in [1.807, 2.05) is 18.2 Å². The second kappa shape index (κ2) is 13.6. The molecule has 0 saturated carbocycles. The normalized spacial score (nSPS) is 11.7. The molecule has 1 N–H and O–H groups in total. The third-order valence-corrected chi connectivity index (χ3v) is 7.87. The zero-order valence-electron chi connectivity index (χ0n) is 25.7. The van der Waals surface area contributed by atoms with Crippen LogP contribution in [0, 0.1) is 11.6 Å². The van der Waals surface area contributed by atoms with E-state index >= 15 is 0 Å². The Kier molecular flexibility index (Phi) is 9.01. The summed E-state index contributed by atoms with van der Waals surface area (Å²) in [5, 5.41) is 13.7. The van der Waals surface area contributed by atoms with E-state index in [4.69, 9.17) is 4.74 Å². The Morgan fingerprint density at radius 3 is 2.34 bits per heavy atom. The SMILES string of the molecule is COc1ccc(N(C)C(=O)[C@H](Cc2cc(F)cc(F)c2)NC(=O)c2cccc(-c3cn(Cc4ccc5ccccc5c4)nn3)c2)cc1. The smallest absolute Gasteiger partial charge is 0.251 e. The quantitative estimate of drug-likeness (QED) is 0.188. The van der Waals surface area contributed by atoms with Crippen LogP contribution in [0.5, 0.6) is 5.75 Å². The van der Waals surface area contributed by atoms with Crippen LogP contribution in [0.25, 0.3) is 22.0 Å². The molecule has 236 valence electrons. The first-order chi connectivity index (χ1) is 22.7. The zero-order chi connectivity index (χ0) is 32.9. The summed E-state index contributed by atoms with van der Waals surface area (Å²) in [6.07, 6.45) is 1.67. The molecule has 0 unspecified atom stereocenters. The van der Waals surface area contributed by atoms with Crippen molar-refractivity contribution < 1.29 is 23.1 Å². The van der Waals surface area contributed by atoms with Crippen LogP contribution in [0.2, 0.25) is 0 Å². The summed E-state index contributed by atoms with van der Waals surface area (Å²) in [4.78, 5) is 28.7. The van der Waals surface area contributed by atoms with Crippen LogP contribution in [-0.4, -0.2) is 47.0 Å². The minimum Gasteiger partial charge on any atom is -0.497 e. The molecule has 1 atom stereocenters. The lowest BCUT2D eigenvalue weighted by Gasteiger charge is -2.25. The summed E-state index contributed by atoms with van der Waals surface area (Å²) in [6, 6.07) is 29.9. The summed E-state index contributed by atoms with van der Waals surface area (Å²) >= 11 is 0. The molecular weight excluding hydrogens is 600 g/mol. The number of nitrogens with one attached hydrogen (secondary N) is 1. The summed E-state index contributed by atoms with van der Waals surface area (Å²) in [5.74, 6) is -1.94. The second-order valence-corrected chi connectivity index (χ2v) is 11.2. The van der Waals surface area contributed by atoms with Crippen molar-refractivity contribution in [1.82, 2.24) is 20.3 Å². The van der Waals surface area contributed by atoms with Gasteiger partial charge < -0.3 is 15.0 Å². The Labute approximate surface area is 270 Å². The molecule has 6 rings (SSSR count). The molecule has 0 radical (unpaired) electrons. The molecular formula is C37H31F2N5O3. The van der Waals surface area contributed by atoms with Crippen LogP contribution in [0.3, 0.4) is 0 Å². The first kappa shape index (κ1) is 31.1. The number of aromatic nitrogens is 3. The highest BCUT2D eigenvalue weighted by molar-refractivity contribution is 6.02. The molecule has 1 aromatic heterocycles. The molecule has 0 bridgehead atoms. The van der Waals surface area contributed by atoms with Gasteiger partial charge in [-0.2, -0.15) is 0 Å². The summed E-state index contributed by atoms with van der Waals surface area (Å²) < 4.78 is 35.0. The molecule has 0 saturated heterocycles. The van der Waals surface area contributed by atoms with Gasteiger partial charge in [0.15, 0.2) is 0 Å². The van der Waals surface area contributed by atoms with Gasteiger partial charge in [-0.1, -0.05) is 53.7 Å². The van der Waals surface area contributed by atoms with Gasteiger partial charge in [0.05, 0.1) is 19.9 Å². The highest BCUT2D eigenvalue weighted by Gasteiger charge is 2.26. The van der Waals surface area contributed by atoms with Crippen LogP contribution in [0.4, 0.5) is 14.5 Å². The lowest BCUT2D eigenvalue weighted by Crippen LogP contribution is -2.48. The van der Waals surface area contributed by atoms with Crippen molar-refractivity contribution in [3.63, 3.8) is 0 Å². The highest BCUT2D eigenvalue weighted by atomic mass is 19.1. The maximum Gasteiger partial charge on any atom is 0.251 e. The number of likely N-dealkylation sites (N-methyl/N-ethyl adjacent to an activating group) is 1. The Morgan fingerprint density at radius 2 is 1.60 bits per heavy atom. The molecule has 47 heavy (non-hydrogen) atoms. The van der Waals surface area contributed by atoms with Gasteiger partial charge in [0, 0.05) is 36.3 Å². The van der Waals surface area contributed by atoms with Crippen LogP contribution in [0.1, 0.15) is 21.5 Å². The molecule has 2 amide bonds. The third-order valence-electron chi connectivity index (χ3n) is 7.87. The number of fused-ring (bicyclic) bond motifs is 1. The minimum absolute atomic E-state index is 0.136. The van der Waals surface area contributed by atoms with E-state index < -0.39 is 29.5 Å². The number of hydrogen-bond donors (Lipinski definition) is 1. The van der Waals surface area contributed by atoms with E-state index in [9.17, 15) is 18.4 Å². The van der Waals surface area contributed by atoms with E-state index in [1.54, 1.807) is 60.4 Å². The van der Waals surface area contributed by atoms with E-state index in [-0.39, 0.29) is 17.5 Å². The third kappa shape index (κ3) is 7.33. The van der Waals surface area contributed by atoms with Gasteiger partial charge >= 0.3 is 0 Å². The molecule has 0 fully saturated rings. The number of nitrogens with zero attached hydrogens (tertiary/aromatic N) is 4. The fraction of sp³-hybridized carbons (Fsp3) is 0.135. The van der Waals surface area contributed by atoms with Crippen molar-refractivity contribution in [1.29, 1.82) is 0 Å². The Bertz CT molecular complexity index is 2040. The van der Waals surface area contributed by atoms with Crippen LogP contribution in [-0.2, 0) is 17.8 Å². The van der Waals surface area contributed by atoms with Crippen molar-refractivity contribution in [2.75, 3.05) is 19.1 Å². The predicted molar refractivity (Wildman–Crippen MR) is 176 cm³/mol. The lowest BCUT2D eigenvalue weighted by atomic mass is 10.0. The Hall–Kier alpha value is -5.90. The van der Waals surface area contributed by atoms with Gasteiger partial charge in [0.25, 0.3) is 5.91 Å². The second-order valence-electron chi connectivity index (χ2n) is 11.2. The van der Waals surface area contributed by atoms with E-state index in [0.29, 0.717) is 29.2 Å². The molecule has 10 heteroatoms. The summed E-state index contributed by atoms with van der Waals surface area (Å²) in [5.41, 5.74) is 3.36. The van der Waals surface area contributed by atoms with Crippen molar-refractivity contribution in [2.24, 2.45) is 0 Å². The van der Waals surface area contributed by atoms with Gasteiger partial charge in [0.2, 0.25) is 5.91 Å². The number of carbonyl (C=O) groups excluding carboxylic acids is 2. The average molecular weight is 632 g/mol. The fourth-order valence-corrected chi connectivity index (χ4v) is 5.42. The summed E-state index contributed by atoms with van der Waals surface area (Å²) in [7, 11) is 3.11. The van der Waals surface area contributed by atoms with Crippen LogP contribution >= 0.6 is 0 Å². The number of anilines is 1. The molecule has 0 aliphatic carbocycles. The van der Waals surface area contributed by atoms with Crippen LogP contribution < -0.4 is 15.0 Å². The standard InChI is InChI=1S/C37H31F2N5O3/c1-43(32-12-14-33(47-2)15-13-32)37(46)34(19-25-17-30(38)21-31(39)18-25)40-36(45)29-9-5-8-28(20-29)35-23-44(42-41-35)22-24-10-11-26-6-3-4-7-27(26)16-24/h3-18,20-21,23,34H,19,22H2,1-2H3,(H,40,45)/t34-/m0/s1. The maximum atomic E-state index is 14.0. The molecule has 5 aromatic carbocycles. The Balaban J connectivity index is 1.21. The molecule has 0 aliphatic heterocycles. The highest BCUT2D eigenvalue weighted by Crippen LogP contribution is 2.22. The van der Waals surface area contributed by atoms with Crippen molar-refractivity contribution in [3.8, 4) is 17.0 Å². The van der Waals surface area contributed by atoms with E-state index in [0.717, 1.165) is 34.5 Å². The largest absolute Gasteiger partial charge is 0.497 e. The van der Waals surface area contributed by atoms with Gasteiger partial charge in [-0.15, -0.1) is 5.10 Å². The van der Waals surface area contributed by atoms with Gasteiger partial charge in [-0.05, 0) is 76.5 Å². The number of rotatable bonds is 10.